The van der Waals surface area contributed by atoms with E-state index in [0.717, 1.165) is 74.3 Å². The minimum absolute atomic E-state index is 0.317. The van der Waals surface area contributed by atoms with E-state index in [0.29, 0.717) is 24.5 Å². The first kappa shape index (κ1) is 29.0. The second kappa shape index (κ2) is 13.4. The molecule has 8 heteroatoms. The molecular formula is C31H39ClN2O5. The highest BCUT2D eigenvalue weighted by atomic mass is 35.5. The number of methoxy groups -OCH3 is 1. The molecule has 1 amide bonds. The Morgan fingerprint density at radius 1 is 1.00 bits per heavy atom. The molecule has 210 valence electrons. The molecule has 7 nitrogen and oxygen atoms in total. The van der Waals surface area contributed by atoms with Gasteiger partial charge in [0.15, 0.2) is 5.60 Å². The molecular weight excluding hydrogens is 516 g/mol. The Bertz CT molecular complexity index is 1200. The lowest BCUT2D eigenvalue weighted by Crippen LogP contribution is -2.43. The van der Waals surface area contributed by atoms with Gasteiger partial charge in [-0.25, -0.2) is 4.79 Å². The molecule has 0 unspecified atom stereocenters. The zero-order valence-electron chi connectivity index (χ0n) is 23.0. The summed E-state index contributed by atoms with van der Waals surface area (Å²) < 4.78 is 11.4. The van der Waals surface area contributed by atoms with Crippen LogP contribution in [0.15, 0.2) is 48.6 Å². The molecule has 2 aliphatic rings. The molecule has 1 N–H and O–H groups in total. The first-order valence-corrected chi connectivity index (χ1v) is 14.2. The molecule has 2 heterocycles. The SMILES string of the molecule is COC(=O)[C@]1(O)CC(=O)N(C)CC/C=C/CCCCN2CCCCc3cc(Cl)ccc3COc3ccc1cc32. The summed E-state index contributed by atoms with van der Waals surface area (Å²) >= 11 is 6.29. The fourth-order valence-electron chi connectivity index (χ4n) is 5.25. The molecule has 0 saturated carbocycles. The largest absolute Gasteiger partial charge is 0.487 e. The molecule has 0 aliphatic carbocycles. The number of aliphatic hydroxyl groups is 1. The molecule has 2 aliphatic heterocycles. The third kappa shape index (κ3) is 7.14. The minimum atomic E-state index is -2.12. The van der Waals surface area contributed by atoms with E-state index >= 15 is 0 Å². The Balaban J connectivity index is 1.77. The summed E-state index contributed by atoms with van der Waals surface area (Å²) in [5.74, 6) is -0.526. The van der Waals surface area contributed by atoms with Crippen LogP contribution in [0.3, 0.4) is 0 Å². The zero-order chi connectivity index (χ0) is 27.8. The normalized spacial score (nSPS) is 22.2. The van der Waals surface area contributed by atoms with Gasteiger partial charge in [0.05, 0.1) is 19.2 Å². The van der Waals surface area contributed by atoms with E-state index in [1.54, 1.807) is 30.1 Å². The van der Waals surface area contributed by atoms with Crippen LogP contribution in [-0.2, 0) is 33.0 Å². The fourth-order valence-corrected chi connectivity index (χ4v) is 5.44. The summed E-state index contributed by atoms with van der Waals surface area (Å²) in [6.45, 7) is 2.49. The molecule has 0 fully saturated rings. The standard InChI is InChI=1S/C31H39ClN2O5/c1-33-16-8-5-3-4-6-9-17-34-18-10-7-11-23-19-26(32)14-12-24(23)22-39-28-15-13-25(20-27(28)34)31(37,21-29(33)35)30(36)38-2/h3,5,12-15,19-20,37H,4,6-11,16-18,21-22H2,1-2H3/b5-3+/t31-/m0/s1. The quantitative estimate of drug-likeness (QED) is 0.375. The van der Waals surface area contributed by atoms with Crippen LogP contribution in [0.2, 0.25) is 5.02 Å². The van der Waals surface area contributed by atoms with E-state index in [1.165, 1.54) is 12.7 Å². The summed E-state index contributed by atoms with van der Waals surface area (Å²) in [6, 6.07) is 11.2. The lowest BCUT2D eigenvalue weighted by atomic mass is 9.89. The van der Waals surface area contributed by atoms with Crippen LogP contribution in [0.4, 0.5) is 5.69 Å². The number of hydrogen-bond donors (Lipinski definition) is 1. The number of allylic oxidation sites excluding steroid dienone is 1. The number of amides is 1. The number of hydrogen-bond acceptors (Lipinski definition) is 6. The van der Waals surface area contributed by atoms with Crippen molar-refractivity contribution in [3.05, 3.63) is 70.3 Å². The number of ether oxygens (including phenoxy) is 2. The highest BCUT2D eigenvalue weighted by Gasteiger charge is 2.43. The van der Waals surface area contributed by atoms with Crippen LogP contribution in [0.25, 0.3) is 0 Å². The van der Waals surface area contributed by atoms with Crippen LogP contribution in [0, 0.1) is 0 Å². The first-order valence-electron chi connectivity index (χ1n) is 13.8. The van der Waals surface area contributed by atoms with Gasteiger partial charge >= 0.3 is 5.97 Å². The summed E-state index contributed by atoms with van der Waals surface area (Å²) in [6.07, 6.45) is 10.4. The maximum absolute atomic E-state index is 13.1. The lowest BCUT2D eigenvalue weighted by Gasteiger charge is -2.31. The van der Waals surface area contributed by atoms with Gasteiger partial charge in [-0.3, -0.25) is 4.79 Å². The first-order chi connectivity index (χ1) is 18.8. The second-order valence-electron chi connectivity index (χ2n) is 10.4. The molecule has 4 rings (SSSR count). The zero-order valence-corrected chi connectivity index (χ0v) is 23.7. The number of benzene rings is 2. The Morgan fingerprint density at radius 2 is 1.77 bits per heavy atom. The van der Waals surface area contributed by atoms with E-state index in [2.05, 4.69) is 17.1 Å². The number of fused-ring (bicyclic) bond motifs is 2. The van der Waals surface area contributed by atoms with Crippen molar-refractivity contribution in [3.8, 4) is 5.75 Å². The predicted octanol–water partition coefficient (Wildman–Crippen LogP) is 5.40. The van der Waals surface area contributed by atoms with Crippen molar-refractivity contribution in [1.82, 2.24) is 4.90 Å². The number of aryl methyl sites for hydroxylation is 1. The maximum Gasteiger partial charge on any atom is 0.343 e. The number of carbonyl (C=O) groups excluding carboxylic acids is 2. The molecule has 2 aromatic carbocycles. The molecule has 0 aromatic heterocycles. The molecule has 0 spiro atoms. The topological polar surface area (TPSA) is 79.3 Å². The smallest absolute Gasteiger partial charge is 0.343 e. The monoisotopic (exact) mass is 554 g/mol. The number of rotatable bonds is 1. The molecule has 39 heavy (non-hydrogen) atoms. The molecule has 2 aromatic rings. The van der Waals surface area contributed by atoms with Gasteiger partial charge < -0.3 is 24.4 Å². The summed E-state index contributed by atoms with van der Waals surface area (Å²) in [4.78, 5) is 29.9. The average molecular weight is 555 g/mol. The fraction of sp³-hybridized carbons (Fsp3) is 0.484. The minimum Gasteiger partial charge on any atom is -0.487 e. The van der Waals surface area contributed by atoms with Gasteiger partial charge in [-0.05, 0) is 85.9 Å². The highest BCUT2D eigenvalue weighted by Crippen LogP contribution is 2.37. The van der Waals surface area contributed by atoms with Gasteiger partial charge in [0, 0.05) is 31.7 Å². The van der Waals surface area contributed by atoms with Crippen molar-refractivity contribution in [2.45, 2.75) is 63.6 Å². The Labute approximate surface area is 236 Å². The number of carbonyl (C=O) groups is 2. The lowest BCUT2D eigenvalue weighted by molar-refractivity contribution is -0.168. The number of halogens is 1. The van der Waals surface area contributed by atoms with Crippen molar-refractivity contribution in [2.24, 2.45) is 0 Å². The van der Waals surface area contributed by atoms with Gasteiger partial charge in [-0.1, -0.05) is 35.9 Å². The van der Waals surface area contributed by atoms with Gasteiger partial charge in [-0.15, -0.1) is 0 Å². The van der Waals surface area contributed by atoms with Crippen LogP contribution < -0.4 is 9.64 Å². The third-order valence-electron chi connectivity index (χ3n) is 7.66. The number of anilines is 1. The summed E-state index contributed by atoms with van der Waals surface area (Å²) in [5.41, 5.74) is 1.27. The van der Waals surface area contributed by atoms with E-state index in [-0.39, 0.29) is 5.91 Å². The van der Waals surface area contributed by atoms with Crippen molar-refractivity contribution in [3.63, 3.8) is 0 Å². The van der Waals surface area contributed by atoms with E-state index in [4.69, 9.17) is 21.1 Å². The van der Waals surface area contributed by atoms with Crippen LogP contribution in [0.1, 0.15) is 61.6 Å². The second-order valence-corrected chi connectivity index (χ2v) is 10.9. The maximum atomic E-state index is 13.1. The van der Waals surface area contributed by atoms with E-state index in [9.17, 15) is 14.7 Å². The summed E-state index contributed by atoms with van der Waals surface area (Å²) in [5, 5.41) is 12.4. The Kier molecular flexibility index (Phi) is 9.92. The van der Waals surface area contributed by atoms with Crippen molar-refractivity contribution in [1.29, 1.82) is 0 Å². The van der Waals surface area contributed by atoms with Gasteiger partial charge in [0.2, 0.25) is 5.91 Å². The summed E-state index contributed by atoms with van der Waals surface area (Å²) in [7, 11) is 2.91. The van der Waals surface area contributed by atoms with Crippen LogP contribution in [0.5, 0.6) is 5.75 Å². The highest BCUT2D eigenvalue weighted by molar-refractivity contribution is 6.30. The van der Waals surface area contributed by atoms with E-state index < -0.39 is 18.0 Å². The molecule has 2 bridgehead atoms. The molecule has 1 atom stereocenters. The predicted molar refractivity (Wildman–Crippen MR) is 153 cm³/mol. The Morgan fingerprint density at radius 3 is 2.56 bits per heavy atom. The van der Waals surface area contributed by atoms with Gasteiger partial charge in [0.1, 0.15) is 12.4 Å². The van der Waals surface area contributed by atoms with E-state index in [1.807, 2.05) is 18.2 Å². The van der Waals surface area contributed by atoms with Gasteiger partial charge in [0.25, 0.3) is 0 Å². The average Bonchev–Trinajstić information content (AvgIpc) is 2.96. The van der Waals surface area contributed by atoms with Crippen LogP contribution >= 0.6 is 11.6 Å². The van der Waals surface area contributed by atoms with Gasteiger partial charge in [-0.2, -0.15) is 0 Å². The van der Waals surface area contributed by atoms with Crippen LogP contribution in [-0.4, -0.2) is 55.7 Å². The number of esters is 1. The third-order valence-corrected chi connectivity index (χ3v) is 7.89. The molecule has 0 radical (unpaired) electrons. The van der Waals surface area contributed by atoms with Crippen molar-refractivity contribution >= 4 is 29.2 Å². The molecule has 0 saturated heterocycles. The Hall–Kier alpha value is -3.03. The van der Waals surface area contributed by atoms with Crippen molar-refractivity contribution in [2.75, 3.05) is 38.7 Å². The van der Waals surface area contributed by atoms with Crippen molar-refractivity contribution < 1.29 is 24.2 Å². The number of nitrogens with zero attached hydrogens (tertiary/aromatic N) is 2.